The lowest BCUT2D eigenvalue weighted by molar-refractivity contribution is -0.141. The van der Waals surface area contributed by atoms with E-state index in [4.69, 9.17) is 0 Å². The number of carbonyl (C=O) groups is 3. The molecule has 1 aliphatic heterocycles. The molecule has 0 bridgehead atoms. The first-order chi connectivity index (χ1) is 19.0. The molecule has 4 aromatic carbocycles. The quantitative estimate of drug-likeness (QED) is 0.310. The van der Waals surface area contributed by atoms with Crippen LogP contribution >= 0.6 is 0 Å². The van der Waals surface area contributed by atoms with E-state index in [0.29, 0.717) is 31.5 Å². The smallest absolute Gasteiger partial charge is 0.258 e. The minimum Gasteiger partial charge on any atom is -0.357 e. The number of aryl methyl sites for hydroxylation is 1. The van der Waals surface area contributed by atoms with Gasteiger partial charge in [-0.05, 0) is 42.0 Å². The van der Waals surface area contributed by atoms with E-state index in [-0.39, 0.29) is 24.1 Å². The van der Waals surface area contributed by atoms with Crippen molar-refractivity contribution in [3.8, 4) is 0 Å². The number of nitrogens with zero attached hydrogens (tertiary/aromatic N) is 2. The summed E-state index contributed by atoms with van der Waals surface area (Å²) in [5, 5.41) is 4.77. The summed E-state index contributed by atoms with van der Waals surface area (Å²) in [6.07, 6.45) is 1.13. The van der Waals surface area contributed by atoms with Crippen molar-refractivity contribution in [3.05, 3.63) is 113 Å². The maximum absolute atomic E-state index is 13.8. The average molecular weight is 520 g/mol. The third kappa shape index (κ3) is 5.55. The zero-order valence-electron chi connectivity index (χ0n) is 22.4. The number of hydrogen-bond acceptors (Lipinski definition) is 3. The minimum atomic E-state index is -0.655. The van der Waals surface area contributed by atoms with Crippen LogP contribution in [0, 0.1) is 6.92 Å². The van der Waals surface area contributed by atoms with Crippen molar-refractivity contribution in [3.63, 3.8) is 0 Å². The number of rotatable bonds is 10. The van der Waals surface area contributed by atoms with Crippen molar-refractivity contribution in [2.75, 3.05) is 18.5 Å². The zero-order valence-corrected chi connectivity index (χ0v) is 22.4. The van der Waals surface area contributed by atoms with Crippen LogP contribution < -0.4 is 10.2 Å². The molecule has 0 fully saturated rings. The van der Waals surface area contributed by atoms with Gasteiger partial charge in [0.1, 0.15) is 6.04 Å². The van der Waals surface area contributed by atoms with Crippen LogP contribution in [0.4, 0.5) is 5.69 Å². The van der Waals surface area contributed by atoms with Crippen molar-refractivity contribution in [1.82, 2.24) is 10.2 Å². The summed E-state index contributed by atoms with van der Waals surface area (Å²) in [4.78, 5) is 43.5. The Balaban J connectivity index is 1.35. The number of hydrogen-bond donors (Lipinski definition) is 1. The summed E-state index contributed by atoms with van der Waals surface area (Å²) in [6, 6.07) is 28.8. The number of benzene rings is 4. The van der Waals surface area contributed by atoms with E-state index in [9.17, 15) is 14.4 Å². The summed E-state index contributed by atoms with van der Waals surface area (Å²) >= 11 is 0. The van der Waals surface area contributed by atoms with Crippen LogP contribution in [0.1, 0.15) is 39.9 Å². The van der Waals surface area contributed by atoms with Crippen molar-refractivity contribution in [2.45, 2.75) is 38.8 Å². The van der Waals surface area contributed by atoms with E-state index in [1.54, 1.807) is 16.8 Å². The van der Waals surface area contributed by atoms with Gasteiger partial charge in [0.15, 0.2) is 0 Å². The highest BCUT2D eigenvalue weighted by molar-refractivity contribution is 6.25. The SMILES string of the molecule is CNC(=O)[C@@H](Cc1ccccc1)N(Cc1ccc(C)cc1)C(=O)CCCN1C(=O)c2cccc3cccc1c23. The van der Waals surface area contributed by atoms with Crippen LogP contribution in [0.5, 0.6) is 0 Å². The molecule has 0 saturated heterocycles. The fraction of sp³-hybridized carbons (Fsp3) is 0.242. The molecule has 5 rings (SSSR count). The monoisotopic (exact) mass is 519 g/mol. The van der Waals surface area contributed by atoms with Gasteiger partial charge in [-0.25, -0.2) is 0 Å². The number of likely N-dealkylation sites (N-methyl/N-ethyl adjacent to an activating group) is 1. The number of anilines is 1. The first-order valence-corrected chi connectivity index (χ1v) is 13.4. The maximum atomic E-state index is 13.8. The Morgan fingerprint density at radius 1 is 0.872 bits per heavy atom. The van der Waals surface area contributed by atoms with E-state index in [1.807, 2.05) is 97.9 Å². The largest absolute Gasteiger partial charge is 0.357 e. The predicted molar refractivity (Wildman–Crippen MR) is 155 cm³/mol. The van der Waals surface area contributed by atoms with Gasteiger partial charge in [0.05, 0.1) is 5.69 Å². The van der Waals surface area contributed by atoms with Crippen molar-refractivity contribution < 1.29 is 14.4 Å². The van der Waals surface area contributed by atoms with Crippen LogP contribution in [0.25, 0.3) is 10.8 Å². The number of nitrogens with one attached hydrogen (secondary N) is 1. The Labute approximate surface area is 229 Å². The van der Waals surface area contributed by atoms with E-state index in [2.05, 4.69) is 5.32 Å². The summed E-state index contributed by atoms with van der Waals surface area (Å²) in [7, 11) is 1.60. The van der Waals surface area contributed by atoms with E-state index in [0.717, 1.165) is 33.2 Å². The Morgan fingerprint density at radius 3 is 2.31 bits per heavy atom. The maximum Gasteiger partial charge on any atom is 0.258 e. The van der Waals surface area contributed by atoms with Crippen molar-refractivity contribution in [1.29, 1.82) is 0 Å². The standard InChI is InChI=1S/C33H33N3O3/c1-23-16-18-25(19-17-23)22-36(29(32(38)34-2)21-24-9-4-3-5-10-24)30(37)15-8-20-35-28-14-7-12-26-11-6-13-27(31(26)28)33(35)39/h3-7,9-14,16-19,29H,8,15,20-22H2,1-2H3,(H,34,38)/t29-/m1/s1. The lowest BCUT2D eigenvalue weighted by atomic mass is 10.0. The van der Waals surface area contributed by atoms with Crippen LogP contribution in [0.15, 0.2) is 91.0 Å². The Morgan fingerprint density at radius 2 is 1.59 bits per heavy atom. The molecular formula is C33H33N3O3. The highest BCUT2D eigenvalue weighted by atomic mass is 16.2. The minimum absolute atomic E-state index is 0.0296. The molecule has 4 aromatic rings. The van der Waals surface area contributed by atoms with Gasteiger partial charge >= 0.3 is 0 Å². The van der Waals surface area contributed by atoms with Crippen LogP contribution in [-0.4, -0.2) is 42.3 Å². The fourth-order valence-electron chi connectivity index (χ4n) is 5.34. The van der Waals surface area contributed by atoms with E-state index >= 15 is 0 Å². The summed E-state index contributed by atoms with van der Waals surface area (Å²) in [5.41, 5.74) is 4.69. The highest BCUT2D eigenvalue weighted by Gasteiger charge is 2.31. The molecule has 0 radical (unpaired) electrons. The molecule has 0 spiro atoms. The fourth-order valence-corrected chi connectivity index (χ4v) is 5.34. The molecule has 1 N–H and O–H groups in total. The molecule has 0 aliphatic carbocycles. The molecule has 1 atom stereocenters. The van der Waals surface area contributed by atoms with Gasteiger partial charge in [-0.2, -0.15) is 0 Å². The van der Waals surface area contributed by atoms with E-state index in [1.165, 1.54) is 0 Å². The molecule has 1 heterocycles. The number of amides is 3. The van der Waals surface area contributed by atoms with Gasteiger partial charge in [0.2, 0.25) is 11.8 Å². The Bertz CT molecular complexity index is 1490. The molecular weight excluding hydrogens is 486 g/mol. The average Bonchev–Trinajstić information content (AvgIpc) is 3.24. The van der Waals surface area contributed by atoms with Gasteiger partial charge in [-0.1, -0.05) is 84.4 Å². The molecule has 0 aromatic heterocycles. The van der Waals surface area contributed by atoms with Gasteiger partial charge in [0, 0.05) is 43.9 Å². The number of carbonyl (C=O) groups excluding carboxylic acids is 3. The second-order valence-electron chi connectivity index (χ2n) is 10.1. The summed E-state index contributed by atoms with van der Waals surface area (Å²) < 4.78 is 0. The first-order valence-electron chi connectivity index (χ1n) is 13.4. The first kappa shape index (κ1) is 26.2. The second-order valence-corrected chi connectivity index (χ2v) is 10.1. The van der Waals surface area contributed by atoms with Crippen LogP contribution in [-0.2, 0) is 22.6 Å². The lowest BCUT2D eigenvalue weighted by Crippen LogP contribution is -2.49. The Hall–Kier alpha value is -4.45. The predicted octanol–water partition coefficient (Wildman–Crippen LogP) is 5.27. The molecule has 0 unspecified atom stereocenters. The summed E-state index contributed by atoms with van der Waals surface area (Å²) in [6.45, 7) is 2.78. The highest BCUT2D eigenvalue weighted by Crippen LogP contribution is 2.37. The summed E-state index contributed by atoms with van der Waals surface area (Å²) in [5.74, 6) is -0.336. The van der Waals surface area contributed by atoms with Crippen molar-refractivity contribution >= 4 is 34.2 Å². The van der Waals surface area contributed by atoms with Crippen LogP contribution in [0.2, 0.25) is 0 Å². The molecule has 3 amide bonds. The zero-order chi connectivity index (χ0) is 27.4. The second kappa shape index (κ2) is 11.5. The third-order valence-corrected chi connectivity index (χ3v) is 7.41. The molecule has 39 heavy (non-hydrogen) atoms. The van der Waals surface area contributed by atoms with Gasteiger partial charge in [-0.3, -0.25) is 14.4 Å². The molecule has 6 nitrogen and oxygen atoms in total. The lowest BCUT2D eigenvalue weighted by Gasteiger charge is -2.31. The van der Waals surface area contributed by atoms with Gasteiger partial charge < -0.3 is 15.1 Å². The van der Waals surface area contributed by atoms with Crippen molar-refractivity contribution in [2.24, 2.45) is 0 Å². The normalized spacial score (nSPS) is 13.0. The van der Waals surface area contributed by atoms with Crippen LogP contribution in [0.3, 0.4) is 0 Å². The molecule has 198 valence electrons. The third-order valence-electron chi connectivity index (χ3n) is 7.41. The van der Waals surface area contributed by atoms with Gasteiger partial charge in [-0.15, -0.1) is 0 Å². The Kier molecular flexibility index (Phi) is 7.73. The van der Waals surface area contributed by atoms with Gasteiger partial charge in [0.25, 0.3) is 5.91 Å². The topological polar surface area (TPSA) is 69.7 Å². The molecule has 1 aliphatic rings. The van der Waals surface area contributed by atoms with E-state index < -0.39 is 6.04 Å². The molecule has 0 saturated carbocycles. The molecule has 6 heteroatoms.